The number of esters is 1. The number of rotatable bonds is 5. The summed E-state index contributed by atoms with van der Waals surface area (Å²) < 4.78 is 7.09. The number of benzene rings is 2. The van der Waals surface area contributed by atoms with Crippen LogP contribution < -0.4 is 0 Å². The molecule has 0 N–H and O–H groups in total. The maximum absolute atomic E-state index is 13.5. The summed E-state index contributed by atoms with van der Waals surface area (Å²) in [7, 11) is 0. The van der Waals surface area contributed by atoms with E-state index in [9.17, 15) is 9.59 Å². The molecule has 0 fully saturated rings. The van der Waals surface area contributed by atoms with E-state index in [2.05, 4.69) is 0 Å². The van der Waals surface area contributed by atoms with E-state index in [-0.39, 0.29) is 12.4 Å². The Morgan fingerprint density at radius 1 is 0.931 bits per heavy atom. The van der Waals surface area contributed by atoms with Crippen molar-refractivity contribution >= 4 is 28.9 Å². The minimum Gasteiger partial charge on any atom is -0.462 e. The van der Waals surface area contributed by atoms with Crippen LogP contribution in [0.5, 0.6) is 0 Å². The van der Waals surface area contributed by atoms with Crippen molar-refractivity contribution < 1.29 is 14.3 Å². The van der Waals surface area contributed by atoms with Gasteiger partial charge in [-0.05, 0) is 48.9 Å². The molecule has 2 heterocycles. The highest BCUT2D eigenvalue weighted by Crippen LogP contribution is 2.35. The number of carbonyl (C=O) groups is 2. The summed E-state index contributed by atoms with van der Waals surface area (Å²) in [5, 5.41) is 0.553. The molecule has 0 amide bonds. The summed E-state index contributed by atoms with van der Waals surface area (Å²) >= 11 is 5.99. The first-order valence-corrected chi connectivity index (χ1v) is 9.65. The maximum atomic E-state index is 13.5. The Hall–Kier alpha value is -3.37. The lowest BCUT2D eigenvalue weighted by atomic mass is 9.96. The van der Waals surface area contributed by atoms with Crippen LogP contribution in [0.4, 0.5) is 0 Å². The van der Waals surface area contributed by atoms with Crippen LogP contribution in [0.1, 0.15) is 33.3 Å². The van der Waals surface area contributed by atoms with Crippen LogP contribution in [0.15, 0.2) is 79.0 Å². The first-order valence-electron chi connectivity index (χ1n) is 9.27. The molecule has 144 valence electrons. The largest absolute Gasteiger partial charge is 0.462 e. The molecule has 4 aromatic rings. The molecule has 0 unspecified atom stereocenters. The molecule has 0 aliphatic carbocycles. The van der Waals surface area contributed by atoms with Crippen LogP contribution in [0, 0.1) is 0 Å². The molecule has 0 atom stereocenters. The highest BCUT2D eigenvalue weighted by atomic mass is 35.5. The molecule has 5 heteroatoms. The second-order valence-electron chi connectivity index (χ2n) is 6.48. The van der Waals surface area contributed by atoms with Crippen molar-refractivity contribution in [1.82, 2.24) is 4.40 Å². The molecule has 0 aliphatic rings. The van der Waals surface area contributed by atoms with Gasteiger partial charge in [-0.1, -0.05) is 48.0 Å². The highest BCUT2D eigenvalue weighted by molar-refractivity contribution is 6.30. The van der Waals surface area contributed by atoms with Crippen molar-refractivity contribution in [3.63, 3.8) is 0 Å². The molecule has 0 saturated heterocycles. The Bertz CT molecular complexity index is 1190. The third-order valence-electron chi connectivity index (χ3n) is 4.71. The minimum absolute atomic E-state index is 0.197. The first kappa shape index (κ1) is 19.0. The molecule has 0 saturated carbocycles. The number of ketones is 1. The monoisotopic (exact) mass is 403 g/mol. The fraction of sp³-hybridized carbons (Fsp3) is 0.0833. The molecular weight excluding hydrogens is 386 g/mol. The van der Waals surface area contributed by atoms with E-state index in [4.69, 9.17) is 16.3 Å². The van der Waals surface area contributed by atoms with Crippen LogP contribution in [0.3, 0.4) is 0 Å². The minimum atomic E-state index is -0.454. The van der Waals surface area contributed by atoms with Crippen LogP contribution >= 0.6 is 11.6 Å². The van der Waals surface area contributed by atoms with E-state index in [0.717, 1.165) is 5.56 Å². The molecule has 2 aromatic carbocycles. The van der Waals surface area contributed by atoms with Gasteiger partial charge < -0.3 is 9.14 Å². The van der Waals surface area contributed by atoms with E-state index in [1.54, 1.807) is 41.8 Å². The summed E-state index contributed by atoms with van der Waals surface area (Å²) in [6.45, 7) is 2.01. The zero-order chi connectivity index (χ0) is 20.4. The summed E-state index contributed by atoms with van der Waals surface area (Å²) in [5.41, 5.74) is 3.26. The van der Waals surface area contributed by atoms with Gasteiger partial charge in [0, 0.05) is 22.3 Å². The Morgan fingerprint density at radius 3 is 2.31 bits per heavy atom. The normalized spacial score (nSPS) is 10.8. The Morgan fingerprint density at radius 2 is 1.62 bits per heavy atom. The number of nitrogens with zero attached hydrogens (tertiary/aromatic N) is 1. The van der Waals surface area contributed by atoms with Gasteiger partial charge >= 0.3 is 5.97 Å². The highest BCUT2D eigenvalue weighted by Gasteiger charge is 2.29. The number of aromatic nitrogens is 1. The Labute approximate surface area is 173 Å². The number of carbonyl (C=O) groups excluding carboxylic acids is 2. The lowest BCUT2D eigenvalue weighted by Crippen LogP contribution is -2.08. The van der Waals surface area contributed by atoms with Gasteiger partial charge in [-0.2, -0.15) is 0 Å². The Balaban J connectivity index is 2.06. The van der Waals surface area contributed by atoms with Crippen LogP contribution in [-0.2, 0) is 4.74 Å². The predicted octanol–water partition coefficient (Wildman–Crippen LogP) is 5.67. The molecule has 4 nitrogen and oxygen atoms in total. The molecular formula is C24H18ClNO3. The van der Waals surface area contributed by atoms with Gasteiger partial charge in [-0.15, -0.1) is 0 Å². The number of hydrogen-bond donors (Lipinski definition) is 0. The van der Waals surface area contributed by atoms with E-state index in [1.807, 2.05) is 48.5 Å². The van der Waals surface area contributed by atoms with Crippen LogP contribution in [0.2, 0.25) is 5.02 Å². The maximum Gasteiger partial charge on any atom is 0.340 e. The van der Waals surface area contributed by atoms with E-state index < -0.39 is 5.97 Å². The van der Waals surface area contributed by atoms with Gasteiger partial charge in [0.15, 0.2) is 0 Å². The summed E-state index contributed by atoms with van der Waals surface area (Å²) in [5.74, 6) is -0.650. The number of fused-ring (bicyclic) bond motifs is 1. The van der Waals surface area contributed by atoms with Gasteiger partial charge in [0.1, 0.15) is 5.69 Å². The third kappa shape index (κ3) is 3.43. The number of hydrogen-bond acceptors (Lipinski definition) is 3. The lowest BCUT2D eigenvalue weighted by molar-refractivity contribution is 0.0529. The van der Waals surface area contributed by atoms with Crippen molar-refractivity contribution in [1.29, 1.82) is 0 Å². The van der Waals surface area contributed by atoms with Crippen molar-refractivity contribution in [2.75, 3.05) is 6.61 Å². The lowest BCUT2D eigenvalue weighted by Gasteiger charge is -2.08. The summed E-state index contributed by atoms with van der Waals surface area (Å²) in [6.07, 6.45) is 1.79. The zero-order valence-corrected chi connectivity index (χ0v) is 16.5. The van der Waals surface area contributed by atoms with Crippen molar-refractivity contribution in [2.45, 2.75) is 6.92 Å². The average molecular weight is 404 g/mol. The second kappa shape index (κ2) is 7.94. The van der Waals surface area contributed by atoms with Gasteiger partial charge in [-0.3, -0.25) is 4.79 Å². The second-order valence-corrected chi connectivity index (χ2v) is 6.91. The quantitative estimate of drug-likeness (QED) is 0.318. The van der Waals surface area contributed by atoms with Crippen molar-refractivity contribution in [3.05, 3.63) is 101 Å². The van der Waals surface area contributed by atoms with Crippen molar-refractivity contribution in [3.8, 4) is 11.1 Å². The first-order chi connectivity index (χ1) is 14.1. The van der Waals surface area contributed by atoms with Gasteiger partial charge in [0.2, 0.25) is 5.78 Å². The molecule has 2 aromatic heterocycles. The zero-order valence-electron chi connectivity index (χ0n) is 15.8. The van der Waals surface area contributed by atoms with E-state index in [1.165, 1.54) is 0 Å². The van der Waals surface area contributed by atoms with E-state index in [0.29, 0.717) is 32.9 Å². The molecule has 0 radical (unpaired) electrons. The number of ether oxygens (including phenoxy) is 1. The third-order valence-corrected chi connectivity index (χ3v) is 4.96. The van der Waals surface area contributed by atoms with E-state index >= 15 is 0 Å². The van der Waals surface area contributed by atoms with Gasteiger partial charge in [0.25, 0.3) is 0 Å². The molecule has 29 heavy (non-hydrogen) atoms. The van der Waals surface area contributed by atoms with Crippen LogP contribution in [-0.4, -0.2) is 22.8 Å². The predicted molar refractivity (Wildman–Crippen MR) is 114 cm³/mol. The molecule has 0 aliphatic heterocycles. The van der Waals surface area contributed by atoms with Crippen molar-refractivity contribution in [2.24, 2.45) is 0 Å². The number of pyridine rings is 1. The fourth-order valence-corrected chi connectivity index (χ4v) is 3.59. The molecule has 4 rings (SSSR count). The topological polar surface area (TPSA) is 47.8 Å². The van der Waals surface area contributed by atoms with Crippen LogP contribution in [0.25, 0.3) is 16.6 Å². The van der Waals surface area contributed by atoms with Gasteiger partial charge in [0.05, 0.1) is 17.7 Å². The summed E-state index contributed by atoms with van der Waals surface area (Å²) in [4.78, 5) is 26.4. The Kier molecular flexibility index (Phi) is 5.19. The fourth-order valence-electron chi connectivity index (χ4n) is 3.47. The average Bonchev–Trinajstić information content (AvgIpc) is 3.10. The molecule has 0 bridgehead atoms. The smallest absolute Gasteiger partial charge is 0.340 e. The SMILES string of the molecule is CCOC(=O)c1c(-c2ccccc2)c(C(=O)c2ccc(Cl)cc2)n2ccccc12. The summed E-state index contributed by atoms with van der Waals surface area (Å²) in [6, 6.07) is 21.6. The van der Waals surface area contributed by atoms with Gasteiger partial charge in [-0.25, -0.2) is 4.79 Å². The standard InChI is InChI=1S/C24H18ClNO3/c1-2-29-24(28)21-19-10-6-7-15-26(19)22(20(21)16-8-4-3-5-9-16)23(27)17-11-13-18(25)14-12-17/h3-15H,2H2,1H3. The number of halogens is 1. The molecule has 0 spiro atoms.